The predicted octanol–water partition coefficient (Wildman–Crippen LogP) is 1.46. The third-order valence-electron chi connectivity index (χ3n) is 0.556. The van der Waals surface area contributed by atoms with Crippen LogP contribution in [0.2, 0.25) is 0 Å². The van der Waals surface area contributed by atoms with E-state index >= 15 is 0 Å². The Morgan fingerprint density at radius 2 is 1.67 bits per heavy atom. The van der Waals surface area contributed by atoms with Crippen LogP contribution in [0.25, 0.3) is 0 Å². The summed E-state index contributed by atoms with van der Waals surface area (Å²) in [7, 11) is 0. The molecule has 0 aliphatic carbocycles. The average molecular weight is 163 g/mol. The minimum atomic E-state index is 0. The fraction of sp³-hybridized carbons (Fsp3) is 0. The second kappa shape index (κ2) is 10.4. The van der Waals surface area contributed by atoms with Crippen LogP contribution >= 0.6 is 0 Å². The summed E-state index contributed by atoms with van der Waals surface area (Å²) in [6, 6.07) is 10.0. The normalized spacial score (nSPS) is 5.33. The van der Waals surface area contributed by atoms with E-state index in [2.05, 4.69) is 15.6 Å². The third-order valence-corrected chi connectivity index (χ3v) is 0.556. The van der Waals surface area contributed by atoms with Gasteiger partial charge in [-0.3, -0.25) is 0 Å². The van der Waals surface area contributed by atoms with Crippen LogP contribution in [0.3, 0.4) is 0 Å². The standard InChI is InChI=1S/C5H5.CO.CH3.Mn/c1-2-4-5-3-1;1-2;;/h1-5H;;1H3;/q-1;;-1;. The summed E-state index contributed by atoms with van der Waals surface area (Å²) in [5.41, 5.74) is 0. The first-order chi connectivity index (χ1) is 3.91. The zero-order valence-corrected chi connectivity index (χ0v) is 6.35. The molecule has 0 aliphatic rings. The van der Waals surface area contributed by atoms with Gasteiger partial charge in [-0.25, -0.2) is 12.1 Å². The van der Waals surface area contributed by atoms with Gasteiger partial charge in [-0.15, -0.1) is 0 Å². The first-order valence-corrected chi connectivity index (χ1v) is 2.65. The molecule has 0 aromatic heterocycles. The summed E-state index contributed by atoms with van der Waals surface area (Å²) in [5.74, 6) is 0. The second-order valence-electron chi connectivity index (χ2n) is 1.04. The van der Waals surface area contributed by atoms with Gasteiger partial charge in [0.1, 0.15) is 0 Å². The molecule has 0 spiro atoms. The Kier molecular flexibility index (Phi) is 13.1. The molecular formula is C7H8MnO-2. The van der Waals surface area contributed by atoms with Gasteiger partial charge in [0.15, 0.2) is 0 Å². The van der Waals surface area contributed by atoms with Crippen LogP contribution in [0.15, 0.2) is 30.3 Å². The summed E-state index contributed by atoms with van der Waals surface area (Å²) in [6.45, 7) is 0. The topological polar surface area (TPSA) is 17.1 Å². The van der Waals surface area contributed by atoms with Gasteiger partial charge in [0, 0.05) is 0 Å². The van der Waals surface area contributed by atoms with Crippen molar-refractivity contribution in [2.45, 2.75) is 0 Å². The van der Waals surface area contributed by atoms with Crippen molar-refractivity contribution in [1.29, 1.82) is 0 Å². The smallest absolute Gasteiger partial charge is 0.172 e. The average Bonchev–Trinajstić information content (AvgIpc) is 2.17. The molecule has 0 bridgehead atoms. The quantitative estimate of drug-likeness (QED) is 0.418. The molecule has 9 heavy (non-hydrogen) atoms. The molecule has 0 amide bonds. The molecule has 1 nitrogen and oxygen atoms in total. The van der Waals surface area contributed by atoms with E-state index in [0.717, 1.165) is 0 Å². The van der Waals surface area contributed by atoms with Gasteiger partial charge in [-0.05, 0) is 0 Å². The predicted molar refractivity (Wildman–Crippen MR) is 34.1 cm³/mol. The minimum absolute atomic E-state index is 0. The van der Waals surface area contributed by atoms with Crippen molar-refractivity contribution in [3.8, 4) is 0 Å². The summed E-state index contributed by atoms with van der Waals surface area (Å²) >= 11 is 2.34. The molecule has 1 aromatic rings. The Labute approximate surface area is 63.4 Å². The van der Waals surface area contributed by atoms with E-state index in [1.165, 1.54) is 4.79 Å². The van der Waals surface area contributed by atoms with Gasteiger partial charge in [0.25, 0.3) is 0 Å². The first kappa shape index (κ1) is 11.3. The van der Waals surface area contributed by atoms with Gasteiger partial charge < -0.3 is 7.43 Å². The summed E-state index contributed by atoms with van der Waals surface area (Å²) < 4.78 is 0. The van der Waals surface area contributed by atoms with E-state index in [0.29, 0.717) is 0 Å². The van der Waals surface area contributed by atoms with Crippen LogP contribution < -0.4 is 0 Å². The Bertz CT molecular complexity index is 121. The Hall–Kier alpha value is -0.551. The fourth-order valence-electron chi connectivity index (χ4n) is 0.321. The Morgan fingerprint density at radius 3 is 1.78 bits per heavy atom. The van der Waals surface area contributed by atoms with E-state index in [1.54, 1.807) is 0 Å². The maximum absolute atomic E-state index is 8.60. The third kappa shape index (κ3) is 11.2. The van der Waals surface area contributed by atoms with Crippen molar-refractivity contribution < 1.29 is 20.4 Å². The molecule has 0 aliphatic heterocycles. The summed E-state index contributed by atoms with van der Waals surface area (Å²) in [5, 5.41) is 0. The monoisotopic (exact) mass is 163 g/mol. The summed E-state index contributed by atoms with van der Waals surface area (Å²) in [4.78, 5) is 9.91. The van der Waals surface area contributed by atoms with E-state index in [9.17, 15) is 0 Å². The maximum atomic E-state index is 8.60. The van der Waals surface area contributed by atoms with Crippen LogP contribution in [-0.2, 0) is 20.4 Å². The SMILES string of the molecule is O=[C]=[Mn].[CH3-].c1cc[cH-]c1. The van der Waals surface area contributed by atoms with Crippen LogP contribution in [-0.4, -0.2) is 4.79 Å². The van der Waals surface area contributed by atoms with Crippen molar-refractivity contribution in [3.05, 3.63) is 37.8 Å². The summed E-state index contributed by atoms with van der Waals surface area (Å²) in [6.07, 6.45) is 0. The van der Waals surface area contributed by atoms with Crippen molar-refractivity contribution in [2.75, 3.05) is 0 Å². The number of hydrogen-bond acceptors (Lipinski definition) is 1. The molecule has 51 valence electrons. The number of carbonyl (C=O) groups excluding carboxylic acids is 1. The molecule has 0 saturated heterocycles. The molecule has 0 fully saturated rings. The van der Waals surface area contributed by atoms with Gasteiger partial charge in [-0.1, -0.05) is 0 Å². The zero-order valence-electron chi connectivity index (χ0n) is 5.17. The molecule has 1 rings (SSSR count). The molecule has 0 atom stereocenters. The molecule has 0 saturated carbocycles. The fourth-order valence-corrected chi connectivity index (χ4v) is 0.321. The number of hydrogen-bond donors (Lipinski definition) is 0. The van der Waals surface area contributed by atoms with Crippen LogP contribution in [0.1, 0.15) is 0 Å². The van der Waals surface area contributed by atoms with E-state index < -0.39 is 0 Å². The van der Waals surface area contributed by atoms with E-state index in [4.69, 9.17) is 4.79 Å². The maximum Gasteiger partial charge on any atom is -0.172 e. The molecule has 2 heteroatoms. The van der Waals surface area contributed by atoms with E-state index in [-0.39, 0.29) is 7.43 Å². The van der Waals surface area contributed by atoms with Crippen LogP contribution in [0.5, 0.6) is 0 Å². The Morgan fingerprint density at radius 1 is 1.33 bits per heavy atom. The second-order valence-corrected chi connectivity index (χ2v) is 1.28. The molecule has 0 radical (unpaired) electrons. The minimum Gasteiger partial charge on any atom is -0.358 e. The van der Waals surface area contributed by atoms with Crippen molar-refractivity contribution in [1.82, 2.24) is 0 Å². The Balaban J connectivity index is 0. The van der Waals surface area contributed by atoms with Gasteiger partial charge in [0.2, 0.25) is 0 Å². The number of rotatable bonds is 0. The van der Waals surface area contributed by atoms with Crippen molar-refractivity contribution >= 4 is 4.79 Å². The van der Waals surface area contributed by atoms with Gasteiger partial charge in [0.05, 0.1) is 0 Å². The molecule has 0 heterocycles. The van der Waals surface area contributed by atoms with Gasteiger partial charge >= 0.3 is 25.2 Å². The van der Waals surface area contributed by atoms with Crippen molar-refractivity contribution in [3.63, 3.8) is 0 Å². The zero-order chi connectivity index (χ0) is 6.24. The molecule has 0 unspecified atom stereocenters. The van der Waals surface area contributed by atoms with Crippen LogP contribution in [0, 0.1) is 7.43 Å². The molecular weight excluding hydrogens is 155 g/mol. The van der Waals surface area contributed by atoms with E-state index in [1.807, 2.05) is 30.3 Å². The molecule has 0 N–H and O–H groups in total. The van der Waals surface area contributed by atoms with Gasteiger partial charge in [-0.2, -0.15) is 18.2 Å². The van der Waals surface area contributed by atoms with Crippen molar-refractivity contribution in [2.24, 2.45) is 0 Å². The first-order valence-electron chi connectivity index (χ1n) is 2.06. The largest absolute Gasteiger partial charge is 0.358 e. The van der Waals surface area contributed by atoms with Crippen LogP contribution in [0.4, 0.5) is 0 Å². The molecule has 1 aromatic carbocycles.